The van der Waals surface area contributed by atoms with Crippen molar-refractivity contribution in [3.8, 4) is 5.75 Å². The van der Waals surface area contributed by atoms with Gasteiger partial charge in [0.05, 0.1) is 6.61 Å². The van der Waals surface area contributed by atoms with Crippen LogP contribution in [0.1, 0.15) is 18.4 Å². The van der Waals surface area contributed by atoms with Crippen molar-refractivity contribution in [2.45, 2.75) is 19.8 Å². The number of nitrogens with one attached hydrogen (secondary N) is 3. The first-order valence-electron chi connectivity index (χ1n) is 6.85. The van der Waals surface area contributed by atoms with Gasteiger partial charge in [0.15, 0.2) is 5.11 Å². The second-order valence-electron chi connectivity index (χ2n) is 4.53. The molecule has 0 heterocycles. The topological polar surface area (TPSA) is 62.4 Å². The van der Waals surface area contributed by atoms with E-state index in [1.165, 1.54) is 0 Å². The number of hydrazine groups is 1. The molecule has 0 aliphatic carbocycles. The summed E-state index contributed by atoms with van der Waals surface area (Å²) in [5.74, 6) is 0.622. The zero-order valence-electron chi connectivity index (χ0n) is 12.4. The lowest BCUT2D eigenvalue weighted by atomic mass is 10.2. The molecule has 0 atom stereocenters. The number of hydrogen-bond acceptors (Lipinski definition) is 3. The average molecular weight is 342 g/mol. The average Bonchev–Trinajstić information content (AvgIpc) is 2.49. The number of amides is 1. The van der Waals surface area contributed by atoms with Gasteiger partial charge < -0.3 is 10.1 Å². The molecule has 0 unspecified atom stereocenters. The van der Waals surface area contributed by atoms with Gasteiger partial charge in [-0.25, -0.2) is 0 Å². The minimum atomic E-state index is -0.154. The largest absolute Gasteiger partial charge is 0.493 e. The van der Waals surface area contributed by atoms with Crippen LogP contribution in [0.4, 0.5) is 0 Å². The Morgan fingerprint density at radius 2 is 2.23 bits per heavy atom. The monoisotopic (exact) mass is 341 g/mol. The van der Waals surface area contributed by atoms with E-state index in [-0.39, 0.29) is 5.91 Å². The molecule has 5 nitrogen and oxygen atoms in total. The Kier molecular flexibility index (Phi) is 8.32. The summed E-state index contributed by atoms with van der Waals surface area (Å²) in [6.07, 6.45) is 2.61. The summed E-state index contributed by atoms with van der Waals surface area (Å²) in [7, 11) is 0. The van der Waals surface area contributed by atoms with Crippen LogP contribution < -0.4 is 20.9 Å². The van der Waals surface area contributed by atoms with Crippen LogP contribution >= 0.6 is 23.8 Å². The van der Waals surface area contributed by atoms with Crippen LogP contribution in [0.2, 0.25) is 5.02 Å². The quantitative estimate of drug-likeness (QED) is 0.308. The van der Waals surface area contributed by atoms with E-state index in [1.54, 1.807) is 12.1 Å². The van der Waals surface area contributed by atoms with E-state index in [9.17, 15) is 4.79 Å². The Morgan fingerprint density at radius 3 is 2.91 bits per heavy atom. The molecule has 0 fully saturated rings. The van der Waals surface area contributed by atoms with Crippen molar-refractivity contribution >= 4 is 34.8 Å². The van der Waals surface area contributed by atoms with Crippen molar-refractivity contribution in [3.05, 3.63) is 41.4 Å². The number of carbonyl (C=O) groups excluding carboxylic acids is 1. The highest BCUT2D eigenvalue weighted by molar-refractivity contribution is 7.80. The van der Waals surface area contributed by atoms with Crippen molar-refractivity contribution < 1.29 is 9.53 Å². The number of halogens is 1. The lowest BCUT2D eigenvalue weighted by Crippen LogP contribution is -2.46. The maximum absolute atomic E-state index is 11.6. The number of ether oxygens (including phenoxy) is 1. The fraction of sp³-hybridized carbons (Fsp3) is 0.333. The Labute approximate surface area is 141 Å². The number of aryl methyl sites for hydroxylation is 1. The van der Waals surface area contributed by atoms with Crippen molar-refractivity contribution in [2.24, 2.45) is 0 Å². The second-order valence-corrected chi connectivity index (χ2v) is 5.38. The number of rotatable bonds is 7. The SMILES string of the molecule is C=CCNC(=S)NNC(=O)CCCOc1ccc(Cl)cc1C. The molecule has 0 bridgehead atoms. The lowest BCUT2D eigenvalue weighted by Gasteiger charge is -2.11. The van der Waals surface area contributed by atoms with E-state index in [0.717, 1.165) is 11.3 Å². The van der Waals surface area contributed by atoms with Gasteiger partial charge in [0.1, 0.15) is 5.75 Å². The summed E-state index contributed by atoms with van der Waals surface area (Å²) in [5.41, 5.74) is 6.09. The van der Waals surface area contributed by atoms with Gasteiger partial charge in [-0.05, 0) is 49.3 Å². The van der Waals surface area contributed by atoms with Gasteiger partial charge in [0, 0.05) is 18.0 Å². The van der Waals surface area contributed by atoms with E-state index < -0.39 is 0 Å². The Balaban J connectivity index is 2.17. The Hall–Kier alpha value is -1.79. The molecule has 7 heteroatoms. The third-order valence-electron chi connectivity index (χ3n) is 2.67. The number of benzene rings is 1. The van der Waals surface area contributed by atoms with E-state index >= 15 is 0 Å². The van der Waals surface area contributed by atoms with Crippen molar-refractivity contribution in [3.63, 3.8) is 0 Å². The maximum atomic E-state index is 11.6. The molecule has 0 saturated carbocycles. The van der Waals surface area contributed by atoms with Crippen LogP contribution in [0, 0.1) is 6.92 Å². The zero-order valence-corrected chi connectivity index (χ0v) is 14.0. The molecule has 1 amide bonds. The highest BCUT2D eigenvalue weighted by Gasteiger charge is 2.03. The highest BCUT2D eigenvalue weighted by atomic mass is 35.5. The van der Waals surface area contributed by atoms with E-state index in [4.69, 9.17) is 28.6 Å². The Bertz CT molecular complexity index is 538. The second kappa shape index (κ2) is 10.0. The summed E-state index contributed by atoms with van der Waals surface area (Å²) in [6.45, 7) is 6.47. The molecule has 1 rings (SSSR count). The van der Waals surface area contributed by atoms with Crippen LogP contribution in [0.25, 0.3) is 0 Å². The molecular weight excluding hydrogens is 322 g/mol. The van der Waals surface area contributed by atoms with Crippen molar-refractivity contribution in [1.29, 1.82) is 0 Å². The van der Waals surface area contributed by atoms with Gasteiger partial charge in [0.2, 0.25) is 5.91 Å². The van der Waals surface area contributed by atoms with Gasteiger partial charge in [-0.3, -0.25) is 15.6 Å². The normalized spacial score (nSPS) is 9.73. The molecule has 22 heavy (non-hydrogen) atoms. The van der Waals surface area contributed by atoms with E-state index in [2.05, 4.69) is 22.7 Å². The predicted molar refractivity (Wildman–Crippen MR) is 93.0 cm³/mol. The number of carbonyl (C=O) groups is 1. The Morgan fingerprint density at radius 1 is 1.45 bits per heavy atom. The van der Waals surface area contributed by atoms with Gasteiger partial charge in [-0.1, -0.05) is 17.7 Å². The zero-order chi connectivity index (χ0) is 16.4. The van der Waals surface area contributed by atoms with Crippen LogP contribution in [-0.2, 0) is 4.79 Å². The molecule has 0 spiro atoms. The molecule has 120 valence electrons. The molecule has 0 aliphatic rings. The maximum Gasteiger partial charge on any atom is 0.238 e. The van der Waals surface area contributed by atoms with Gasteiger partial charge in [0.25, 0.3) is 0 Å². The molecule has 0 aromatic heterocycles. The van der Waals surface area contributed by atoms with Gasteiger partial charge in [-0.2, -0.15) is 0 Å². The third-order valence-corrected chi connectivity index (χ3v) is 3.15. The summed E-state index contributed by atoms with van der Waals surface area (Å²) >= 11 is 10.8. The molecule has 0 radical (unpaired) electrons. The molecule has 1 aromatic carbocycles. The predicted octanol–water partition coefficient (Wildman–Crippen LogP) is 2.49. The summed E-state index contributed by atoms with van der Waals surface area (Å²) in [6, 6.07) is 5.44. The number of hydrogen-bond donors (Lipinski definition) is 3. The van der Waals surface area contributed by atoms with Crippen molar-refractivity contribution in [1.82, 2.24) is 16.2 Å². The molecule has 3 N–H and O–H groups in total. The van der Waals surface area contributed by atoms with Crippen LogP contribution in [0.5, 0.6) is 5.75 Å². The molecule has 1 aromatic rings. The first kappa shape index (κ1) is 18.3. The van der Waals surface area contributed by atoms with Gasteiger partial charge >= 0.3 is 0 Å². The smallest absolute Gasteiger partial charge is 0.238 e. The van der Waals surface area contributed by atoms with Crippen LogP contribution in [0.15, 0.2) is 30.9 Å². The first-order chi connectivity index (χ1) is 10.5. The standard InChI is InChI=1S/C15H20ClN3O2S/c1-3-8-17-15(22)19-18-14(20)5-4-9-21-13-7-6-12(16)10-11(13)2/h3,6-7,10H,1,4-5,8-9H2,2H3,(H,18,20)(H2,17,19,22). The molecule has 0 saturated heterocycles. The summed E-state index contributed by atoms with van der Waals surface area (Å²) < 4.78 is 5.61. The fourth-order valence-electron chi connectivity index (χ4n) is 1.59. The lowest BCUT2D eigenvalue weighted by molar-refractivity contribution is -0.121. The molecule has 0 aliphatic heterocycles. The van der Waals surface area contributed by atoms with Crippen LogP contribution in [0.3, 0.4) is 0 Å². The fourth-order valence-corrected chi connectivity index (χ4v) is 1.95. The van der Waals surface area contributed by atoms with Crippen molar-refractivity contribution in [2.75, 3.05) is 13.2 Å². The minimum Gasteiger partial charge on any atom is -0.493 e. The molecular formula is C15H20ClN3O2S. The van der Waals surface area contributed by atoms with E-state index in [0.29, 0.717) is 36.1 Å². The number of thiocarbonyl (C=S) groups is 1. The van der Waals surface area contributed by atoms with Gasteiger partial charge in [-0.15, -0.1) is 6.58 Å². The summed E-state index contributed by atoms with van der Waals surface area (Å²) in [4.78, 5) is 11.6. The minimum absolute atomic E-state index is 0.154. The highest BCUT2D eigenvalue weighted by Crippen LogP contribution is 2.21. The summed E-state index contributed by atoms with van der Waals surface area (Å²) in [5, 5.41) is 3.86. The third kappa shape index (κ3) is 7.28. The first-order valence-corrected chi connectivity index (χ1v) is 7.64. The van der Waals surface area contributed by atoms with E-state index in [1.807, 2.05) is 19.1 Å². The van der Waals surface area contributed by atoms with Crippen LogP contribution in [-0.4, -0.2) is 24.2 Å².